The standard InChI is InChI=1S/C18H18N2O3S/c1-12-5-7-14(8-6-12)24(22,23)20-10-9-13-3-2-4-15-18(13)16(20)11-17(21)19-15/h2-8,16H,9-11H2,1H3,(H,19,21)/t16-/m0/s1. The molecule has 2 aliphatic rings. The Morgan fingerprint density at radius 3 is 2.62 bits per heavy atom. The maximum Gasteiger partial charge on any atom is 0.243 e. The van der Waals surface area contributed by atoms with Crippen molar-refractivity contribution in [2.24, 2.45) is 0 Å². The van der Waals surface area contributed by atoms with Gasteiger partial charge in [0.05, 0.1) is 10.9 Å². The monoisotopic (exact) mass is 342 g/mol. The zero-order chi connectivity index (χ0) is 16.9. The minimum absolute atomic E-state index is 0.143. The fraction of sp³-hybridized carbons (Fsp3) is 0.278. The largest absolute Gasteiger partial charge is 0.326 e. The number of aryl methyl sites for hydroxylation is 1. The quantitative estimate of drug-likeness (QED) is 0.912. The highest BCUT2D eigenvalue weighted by molar-refractivity contribution is 7.89. The molecule has 124 valence electrons. The molecule has 0 saturated carbocycles. The van der Waals surface area contributed by atoms with Gasteiger partial charge in [-0.3, -0.25) is 4.79 Å². The van der Waals surface area contributed by atoms with Crippen molar-refractivity contribution in [3.8, 4) is 0 Å². The number of amides is 1. The first kappa shape index (κ1) is 15.4. The molecular formula is C18H18N2O3S. The lowest BCUT2D eigenvalue weighted by Gasteiger charge is -2.39. The van der Waals surface area contributed by atoms with E-state index in [1.54, 1.807) is 24.3 Å². The zero-order valence-electron chi connectivity index (χ0n) is 13.3. The molecule has 0 aromatic heterocycles. The van der Waals surface area contributed by atoms with E-state index in [0.717, 1.165) is 22.4 Å². The van der Waals surface area contributed by atoms with Gasteiger partial charge in [-0.25, -0.2) is 8.42 Å². The highest BCUT2D eigenvalue weighted by atomic mass is 32.2. The summed E-state index contributed by atoms with van der Waals surface area (Å²) in [7, 11) is -3.64. The Morgan fingerprint density at radius 1 is 1.12 bits per heavy atom. The topological polar surface area (TPSA) is 66.5 Å². The summed E-state index contributed by atoms with van der Waals surface area (Å²) in [6.07, 6.45) is 0.815. The lowest BCUT2D eigenvalue weighted by molar-refractivity contribution is -0.117. The SMILES string of the molecule is Cc1ccc(S(=O)(=O)N2CCc3cccc4c3[C@@H]2CC(=O)N4)cc1. The van der Waals surface area contributed by atoms with Crippen molar-refractivity contribution in [1.82, 2.24) is 4.31 Å². The lowest BCUT2D eigenvalue weighted by atomic mass is 9.88. The predicted octanol–water partition coefficient (Wildman–Crippen LogP) is 2.63. The van der Waals surface area contributed by atoms with Crippen LogP contribution in [0.4, 0.5) is 5.69 Å². The molecule has 2 aliphatic heterocycles. The van der Waals surface area contributed by atoms with E-state index in [9.17, 15) is 13.2 Å². The Hall–Kier alpha value is -2.18. The fourth-order valence-electron chi connectivity index (χ4n) is 3.58. The van der Waals surface area contributed by atoms with Gasteiger partial charge in [0.15, 0.2) is 0 Å². The number of sulfonamides is 1. The normalized spacial score (nSPS) is 20.4. The molecule has 2 heterocycles. The molecule has 4 rings (SSSR count). The van der Waals surface area contributed by atoms with E-state index in [2.05, 4.69) is 5.32 Å². The van der Waals surface area contributed by atoms with Crippen molar-refractivity contribution in [3.05, 3.63) is 59.2 Å². The molecule has 1 amide bonds. The number of carbonyl (C=O) groups excluding carboxylic acids is 1. The van der Waals surface area contributed by atoms with Crippen LogP contribution in [0.5, 0.6) is 0 Å². The lowest BCUT2D eigenvalue weighted by Crippen LogP contribution is -2.43. The van der Waals surface area contributed by atoms with Crippen molar-refractivity contribution in [2.75, 3.05) is 11.9 Å². The molecule has 0 unspecified atom stereocenters. The number of hydrogen-bond acceptors (Lipinski definition) is 3. The molecule has 0 radical (unpaired) electrons. The van der Waals surface area contributed by atoms with Crippen LogP contribution in [0.3, 0.4) is 0 Å². The van der Waals surface area contributed by atoms with Crippen LogP contribution >= 0.6 is 0 Å². The molecule has 0 spiro atoms. The molecule has 6 heteroatoms. The fourth-order valence-corrected chi connectivity index (χ4v) is 5.18. The predicted molar refractivity (Wildman–Crippen MR) is 91.2 cm³/mol. The molecule has 2 aromatic rings. The second-order valence-corrected chi connectivity index (χ2v) is 8.22. The number of rotatable bonds is 2. The summed E-state index contributed by atoms with van der Waals surface area (Å²) in [6.45, 7) is 2.32. The summed E-state index contributed by atoms with van der Waals surface area (Å²) in [5.41, 5.74) is 3.81. The molecule has 5 nitrogen and oxygen atoms in total. The first-order chi connectivity index (χ1) is 11.5. The summed E-state index contributed by atoms with van der Waals surface area (Å²) in [4.78, 5) is 12.3. The first-order valence-corrected chi connectivity index (χ1v) is 9.41. The highest BCUT2D eigenvalue weighted by Gasteiger charge is 2.40. The van der Waals surface area contributed by atoms with Crippen LogP contribution in [-0.2, 0) is 21.2 Å². The van der Waals surface area contributed by atoms with Crippen LogP contribution in [0.25, 0.3) is 0 Å². The van der Waals surface area contributed by atoms with Crippen molar-refractivity contribution >= 4 is 21.6 Å². The van der Waals surface area contributed by atoms with Crippen molar-refractivity contribution in [1.29, 1.82) is 0 Å². The number of nitrogens with zero attached hydrogens (tertiary/aromatic N) is 1. The van der Waals surface area contributed by atoms with Gasteiger partial charge in [-0.05, 0) is 42.7 Å². The van der Waals surface area contributed by atoms with Gasteiger partial charge in [-0.1, -0.05) is 29.8 Å². The number of benzene rings is 2. The van der Waals surface area contributed by atoms with Gasteiger partial charge in [-0.2, -0.15) is 4.31 Å². The summed E-state index contributed by atoms with van der Waals surface area (Å²) in [5.74, 6) is -0.143. The third-order valence-electron chi connectivity index (χ3n) is 4.76. The Kier molecular flexibility index (Phi) is 3.47. The third kappa shape index (κ3) is 2.34. The summed E-state index contributed by atoms with van der Waals surface area (Å²) in [5, 5.41) is 2.86. The second kappa shape index (κ2) is 5.43. The Morgan fingerprint density at radius 2 is 1.88 bits per heavy atom. The third-order valence-corrected chi connectivity index (χ3v) is 6.68. The molecule has 1 atom stereocenters. The Balaban J connectivity index is 1.81. The number of nitrogens with one attached hydrogen (secondary N) is 1. The van der Waals surface area contributed by atoms with Crippen LogP contribution in [0, 0.1) is 6.92 Å². The van der Waals surface area contributed by atoms with Gasteiger partial charge in [-0.15, -0.1) is 0 Å². The molecule has 2 aromatic carbocycles. The average Bonchev–Trinajstić information content (AvgIpc) is 2.55. The van der Waals surface area contributed by atoms with E-state index >= 15 is 0 Å². The van der Waals surface area contributed by atoms with Gasteiger partial charge < -0.3 is 5.32 Å². The zero-order valence-corrected chi connectivity index (χ0v) is 14.1. The van der Waals surface area contributed by atoms with E-state index < -0.39 is 16.1 Å². The van der Waals surface area contributed by atoms with E-state index in [1.807, 2.05) is 25.1 Å². The number of carbonyl (C=O) groups is 1. The average molecular weight is 342 g/mol. The molecule has 0 bridgehead atoms. The minimum atomic E-state index is -3.64. The molecule has 1 N–H and O–H groups in total. The van der Waals surface area contributed by atoms with Gasteiger partial charge in [0.2, 0.25) is 15.9 Å². The van der Waals surface area contributed by atoms with E-state index in [0.29, 0.717) is 13.0 Å². The molecule has 0 saturated heterocycles. The van der Waals surface area contributed by atoms with Gasteiger partial charge >= 0.3 is 0 Å². The van der Waals surface area contributed by atoms with Crippen LogP contribution in [0.2, 0.25) is 0 Å². The van der Waals surface area contributed by atoms with Crippen LogP contribution < -0.4 is 5.32 Å². The van der Waals surface area contributed by atoms with Crippen LogP contribution in [0.1, 0.15) is 29.2 Å². The molecular weight excluding hydrogens is 324 g/mol. The minimum Gasteiger partial charge on any atom is -0.326 e. The molecule has 0 aliphatic carbocycles. The Labute approximate surface area is 141 Å². The smallest absolute Gasteiger partial charge is 0.243 e. The molecule has 0 fully saturated rings. The first-order valence-electron chi connectivity index (χ1n) is 7.97. The maximum absolute atomic E-state index is 13.1. The van der Waals surface area contributed by atoms with Crippen molar-refractivity contribution in [3.63, 3.8) is 0 Å². The summed E-state index contributed by atoms with van der Waals surface area (Å²) >= 11 is 0. The van der Waals surface area contributed by atoms with Crippen LogP contribution in [0.15, 0.2) is 47.4 Å². The van der Waals surface area contributed by atoms with Crippen molar-refractivity contribution in [2.45, 2.75) is 30.7 Å². The van der Waals surface area contributed by atoms with Gasteiger partial charge in [0, 0.05) is 18.7 Å². The summed E-state index contributed by atoms with van der Waals surface area (Å²) < 4.78 is 27.7. The summed E-state index contributed by atoms with van der Waals surface area (Å²) in [6, 6.07) is 12.2. The number of anilines is 1. The number of hydrogen-bond donors (Lipinski definition) is 1. The van der Waals surface area contributed by atoms with E-state index in [-0.39, 0.29) is 17.2 Å². The maximum atomic E-state index is 13.1. The van der Waals surface area contributed by atoms with E-state index in [1.165, 1.54) is 4.31 Å². The van der Waals surface area contributed by atoms with Gasteiger partial charge in [0.1, 0.15) is 0 Å². The Bertz CT molecular complexity index is 920. The van der Waals surface area contributed by atoms with Crippen molar-refractivity contribution < 1.29 is 13.2 Å². The van der Waals surface area contributed by atoms with Gasteiger partial charge in [0.25, 0.3) is 0 Å². The van der Waals surface area contributed by atoms with E-state index in [4.69, 9.17) is 0 Å². The molecule has 24 heavy (non-hydrogen) atoms. The second-order valence-electron chi connectivity index (χ2n) is 6.33. The highest BCUT2D eigenvalue weighted by Crippen LogP contribution is 2.42. The van der Waals surface area contributed by atoms with Crippen LogP contribution in [-0.4, -0.2) is 25.2 Å².